The summed E-state index contributed by atoms with van der Waals surface area (Å²) in [5, 5.41) is 12.4. The highest BCUT2D eigenvalue weighted by Gasteiger charge is 2.34. The zero-order valence-electron chi connectivity index (χ0n) is 14.1. The topological polar surface area (TPSA) is 95.9 Å². The van der Waals surface area contributed by atoms with Crippen molar-refractivity contribution >= 4 is 23.5 Å². The summed E-state index contributed by atoms with van der Waals surface area (Å²) in [6, 6.07) is 4.95. The van der Waals surface area contributed by atoms with Gasteiger partial charge in [-0.05, 0) is 45.0 Å². The van der Waals surface area contributed by atoms with Crippen LogP contribution in [0.3, 0.4) is 0 Å². The van der Waals surface area contributed by atoms with Gasteiger partial charge in [0.2, 0.25) is 0 Å². The fourth-order valence-electron chi connectivity index (χ4n) is 2.17. The summed E-state index contributed by atoms with van der Waals surface area (Å²) in [6.07, 6.45) is -0.759. The van der Waals surface area contributed by atoms with Gasteiger partial charge in [-0.25, -0.2) is 9.18 Å². The molecule has 0 atom stereocenters. The lowest BCUT2D eigenvalue weighted by Gasteiger charge is -2.29. The number of Topliss-reactive ketones (excluding diaryl/α,β-unsaturated/α-hetero) is 1. The lowest BCUT2D eigenvalue weighted by Crippen LogP contribution is -2.46. The van der Waals surface area contributed by atoms with E-state index in [9.17, 15) is 23.9 Å². The van der Waals surface area contributed by atoms with Crippen LogP contribution in [-0.4, -0.2) is 46.5 Å². The molecule has 0 unspecified atom stereocenters. The van der Waals surface area contributed by atoms with E-state index < -0.39 is 40.5 Å². The van der Waals surface area contributed by atoms with Crippen molar-refractivity contribution in [2.45, 2.75) is 26.4 Å². The molecule has 7 nitrogen and oxygen atoms in total. The second-order valence-electron chi connectivity index (χ2n) is 6.54. The van der Waals surface area contributed by atoms with E-state index in [2.05, 4.69) is 5.32 Å². The fraction of sp³-hybridized carbons (Fsp3) is 0.353. The molecule has 0 bridgehead atoms. The number of ether oxygens (including phenoxy) is 1. The number of hydrogen-bond donors (Lipinski definition) is 2. The monoisotopic (exact) mass is 350 g/mol. The zero-order chi connectivity index (χ0) is 18.8. The quantitative estimate of drug-likeness (QED) is 0.799. The minimum absolute atomic E-state index is 0.272. The molecule has 0 saturated carbocycles. The van der Waals surface area contributed by atoms with Crippen molar-refractivity contribution in [3.8, 4) is 0 Å². The summed E-state index contributed by atoms with van der Waals surface area (Å²) < 4.78 is 18.0. The maximum atomic E-state index is 12.9. The molecule has 1 aromatic rings. The van der Waals surface area contributed by atoms with Gasteiger partial charge in [0, 0.05) is 5.69 Å². The molecule has 1 heterocycles. The molecule has 0 radical (unpaired) electrons. The van der Waals surface area contributed by atoms with E-state index in [1.165, 1.54) is 12.1 Å². The highest BCUT2D eigenvalue weighted by Crippen LogP contribution is 2.19. The smallest absolute Gasteiger partial charge is 0.411 e. The first kappa shape index (κ1) is 18.4. The number of aliphatic hydroxyl groups is 1. The predicted molar refractivity (Wildman–Crippen MR) is 87.5 cm³/mol. The Morgan fingerprint density at radius 3 is 2.32 bits per heavy atom. The second kappa shape index (κ2) is 6.92. The summed E-state index contributed by atoms with van der Waals surface area (Å²) >= 11 is 0. The minimum atomic E-state index is -0.821. The van der Waals surface area contributed by atoms with E-state index in [0.29, 0.717) is 0 Å². The van der Waals surface area contributed by atoms with E-state index >= 15 is 0 Å². The van der Waals surface area contributed by atoms with Crippen LogP contribution < -0.4 is 5.32 Å². The maximum absolute atomic E-state index is 12.9. The molecule has 0 aromatic heterocycles. The molecule has 8 heteroatoms. The summed E-state index contributed by atoms with van der Waals surface area (Å²) in [7, 11) is 0. The first-order chi connectivity index (χ1) is 11.6. The molecule has 25 heavy (non-hydrogen) atoms. The lowest BCUT2D eigenvalue weighted by molar-refractivity contribution is -0.122. The van der Waals surface area contributed by atoms with Gasteiger partial charge < -0.3 is 15.2 Å². The van der Waals surface area contributed by atoms with Crippen LogP contribution >= 0.6 is 0 Å². The van der Waals surface area contributed by atoms with Crippen LogP contribution in [0, 0.1) is 5.82 Å². The molecule has 1 aliphatic heterocycles. The Morgan fingerprint density at radius 2 is 1.80 bits per heavy atom. The molecule has 0 aliphatic carbocycles. The van der Waals surface area contributed by atoms with E-state index in [4.69, 9.17) is 4.74 Å². The van der Waals surface area contributed by atoms with Crippen LogP contribution in [0.1, 0.15) is 20.8 Å². The van der Waals surface area contributed by atoms with Gasteiger partial charge in [0.25, 0.3) is 5.91 Å². The van der Waals surface area contributed by atoms with Gasteiger partial charge in [-0.2, -0.15) is 0 Å². The fourth-order valence-corrected chi connectivity index (χ4v) is 2.17. The number of rotatable bonds is 2. The second-order valence-corrected chi connectivity index (χ2v) is 6.54. The summed E-state index contributed by atoms with van der Waals surface area (Å²) in [5.74, 6) is -2.53. The third kappa shape index (κ3) is 4.79. The number of hydrogen-bond acceptors (Lipinski definition) is 5. The van der Waals surface area contributed by atoms with Gasteiger partial charge >= 0.3 is 6.09 Å². The summed E-state index contributed by atoms with van der Waals surface area (Å²) in [6.45, 7) is 4.33. The van der Waals surface area contributed by atoms with Gasteiger partial charge in [-0.15, -0.1) is 0 Å². The normalized spacial score (nSPS) is 15.2. The molecule has 2 amide bonds. The Morgan fingerprint density at radius 1 is 1.20 bits per heavy atom. The highest BCUT2D eigenvalue weighted by molar-refractivity contribution is 6.25. The number of aliphatic hydroxyl groups excluding tert-OH is 1. The Labute approximate surface area is 144 Å². The molecule has 1 aliphatic rings. The largest absolute Gasteiger partial charge is 0.509 e. The van der Waals surface area contributed by atoms with E-state index in [1.54, 1.807) is 20.8 Å². The van der Waals surface area contributed by atoms with Crippen LogP contribution in [0.2, 0.25) is 0 Å². The predicted octanol–water partition coefficient (Wildman–Crippen LogP) is 2.40. The number of amides is 2. The Bertz CT molecular complexity index is 734. The maximum Gasteiger partial charge on any atom is 0.411 e. The van der Waals surface area contributed by atoms with Crippen molar-refractivity contribution in [3.05, 3.63) is 41.4 Å². The lowest BCUT2D eigenvalue weighted by atomic mass is 10.0. The van der Waals surface area contributed by atoms with Gasteiger partial charge in [0.15, 0.2) is 5.78 Å². The van der Waals surface area contributed by atoms with E-state index in [1.807, 2.05) is 0 Å². The van der Waals surface area contributed by atoms with Crippen molar-refractivity contribution in [1.29, 1.82) is 0 Å². The number of ketones is 1. The number of nitrogens with one attached hydrogen (secondary N) is 1. The third-order valence-electron chi connectivity index (χ3n) is 3.22. The molecular weight excluding hydrogens is 331 g/mol. The Hall–Kier alpha value is -2.90. The summed E-state index contributed by atoms with van der Waals surface area (Å²) in [5.41, 5.74) is -0.905. The molecule has 0 fully saturated rings. The first-order valence-corrected chi connectivity index (χ1v) is 7.57. The summed E-state index contributed by atoms with van der Waals surface area (Å²) in [4.78, 5) is 37.4. The third-order valence-corrected chi connectivity index (χ3v) is 3.22. The molecule has 134 valence electrons. The standard InChI is InChI=1S/C17H19FN2O5/c1-17(2,3)25-16(24)20-8-12(21)14(13(22)9-20)15(23)19-11-6-4-10(18)5-7-11/h4-7,21H,8-9H2,1-3H3,(H,19,23). The Kier molecular flexibility index (Phi) is 5.10. The van der Waals surface area contributed by atoms with Crippen LogP contribution in [-0.2, 0) is 14.3 Å². The molecule has 2 N–H and O–H groups in total. The highest BCUT2D eigenvalue weighted by atomic mass is 19.1. The van der Waals surface area contributed by atoms with Gasteiger partial charge in [0.05, 0.1) is 13.1 Å². The number of halogens is 1. The molecular formula is C17H19FN2O5. The van der Waals surface area contributed by atoms with Crippen LogP contribution in [0.15, 0.2) is 35.6 Å². The van der Waals surface area contributed by atoms with Crippen molar-refractivity contribution < 1.29 is 28.6 Å². The molecule has 0 spiro atoms. The van der Waals surface area contributed by atoms with Crippen molar-refractivity contribution in [2.75, 3.05) is 18.4 Å². The molecule has 1 aromatic carbocycles. The van der Waals surface area contributed by atoms with E-state index in [0.717, 1.165) is 17.0 Å². The van der Waals surface area contributed by atoms with E-state index in [-0.39, 0.29) is 18.8 Å². The number of benzene rings is 1. The number of carbonyl (C=O) groups is 3. The number of nitrogens with zero attached hydrogens (tertiary/aromatic N) is 1. The van der Waals surface area contributed by atoms with Gasteiger partial charge in [-0.1, -0.05) is 0 Å². The number of carbonyl (C=O) groups excluding carboxylic acids is 3. The van der Waals surface area contributed by atoms with Crippen LogP contribution in [0.5, 0.6) is 0 Å². The zero-order valence-corrected chi connectivity index (χ0v) is 14.1. The minimum Gasteiger partial charge on any atom is -0.509 e. The van der Waals surface area contributed by atoms with Crippen LogP contribution in [0.4, 0.5) is 14.9 Å². The molecule has 2 rings (SSSR count). The average Bonchev–Trinajstić information content (AvgIpc) is 2.47. The molecule has 0 saturated heterocycles. The van der Waals surface area contributed by atoms with Crippen molar-refractivity contribution in [2.24, 2.45) is 0 Å². The SMILES string of the molecule is CC(C)(C)OC(=O)N1CC(=O)C(C(=O)Nc2ccc(F)cc2)=C(O)C1. The van der Waals surface area contributed by atoms with Crippen molar-refractivity contribution in [1.82, 2.24) is 4.90 Å². The van der Waals surface area contributed by atoms with Gasteiger partial charge in [0.1, 0.15) is 22.8 Å². The van der Waals surface area contributed by atoms with Crippen molar-refractivity contribution in [3.63, 3.8) is 0 Å². The Balaban J connectivity index is 2.12. The average molecular weight is 350 g/mol. The first-order valence-electron chi connectivity index (χ1n) is 7.57. The van der Waals surface area contributed by atoms with Crippen LogP contribution in [0.25, 0.3) is 0 Å². The number of anilines is 1. The van der Waals surface area contributed by atoms with Gasteiger partial charge in [-0.3, -0.25) is 14.5 Å².